The van der Waals surface area contributed by atoms with Gasteiger partial charge in [0.1, 0.15) is 18.0 Å². The van der Waals surface area contributed by atoms with E-state index in [1.807, 2.05) is 59.5 Å². The maximum absolute atomic E-state index is 13.7. The van der Waals surface area contributed by atoms with E-state index in [9.17, 15) is 4.79 Å². The van der Waals surface area contributed by atoms with Gasteiger partial charge in [-0.15, -0.1) is 0 Å². The molecule has 5 heteroatoms. The topological polar surface area (TPSA) is 50.8 Å². The van der Waals surface area contributed by atoms with Crippen LogP contribution in [0.2, 0.25) is 0 Å². The van der Waals surface area contributed by atoms with Gasteiger partial charge in [-0.2, -0.15) is 0 Å². The summed E-state index contributed by atoms with van der Waals surface area (Å²) in [6.45, 7) is 3.98. The number of nitrogens with one attached hydrogen (secondary N) is 1. The van der Waals surface area contributed by atoms with Crippen LogP contribution in [0.1, 0.15) is 47.7 Å². The van der Waals surface area contributed by atoms with Crippen molar-refractivity contribution >= 4 is 11.6 Å². The number of amides is 1. The zero-order valence-corrected chi connectivity index (χ0v) is 19.0. The number of benzene rings is 3. The fourth-order valence-electron chi connectivity index (χ4n) is 4.90. The van der Waals surface area contributed by atoms with Crippen LogP contribution in [0.5, 0.6) is 5.75 Å². The largest absolute Gasteiger partial charge is 0.489 e. The minimum absolute atomic E-state index is 0.0473. The summed E-state index contributed by atoms with van der Waals surface area (Å²) in [4.78, 5) is 15.7. The first-order chi connectivity index (χ1) is 16.2. The van der Waals surface area contributed by atoms with E-state index in [1.54, 1.807) is 0 Å². The van der Waals surface area contributed by atoms with Crippen LogP contribution in [-0.4, -0.2) is 30.1 Å². The SMILES string of the molecule is CCC1(c2ccc(OCc3ccccc3)cc2)Nc2ccccc2C(=O)N1CC1CCCO1. The third-order valence-electron chi connectivity index (χ3n) is 6.71. The van der Waals surface area contributed by atoms with Crippen LogP contribution in [0.25, 0.3) is 0 Å². The van der Waals surface area contributed by atoms with Crippen LogP contribution in [0.3, 0.4) is 0 Å². The van der Waals surface area contributed by atoms with Gasteiger partial charge in [-0.05, 0) is 54.7 Å². The monoisotopic (exact) mass is 442 g/mol. The van der Waals surface area contributed by atoms with E-state index in [0.29, 0.717) is 18.7 Å². The highest BCUT2D eigenvalue weighted by Gasteiger charge is 2.45. The molecule has 0 saturated carbocycles. The van der Waals surface area contributed by atoms with Gasteiger partial charge >= 0.3 is 0 Å². The lowest BCUT2D eigenvalue weighted by molar-refractivity contribution is 0.0187. The van der Waals surface area contributed by atoms with E-state index >= 15 is 0 Å². The van der Waals surface area contributed by atoms with Gasteiger partial charge in [0, 0.05) is 18.8 Å². The van der Waals surface area contributed by atoms with Crippen LogP contribution >= 0.6 is 0 Å². The average molecular weight is 443 g/mol. The van der Waals surface area contributed by atoms with Gasteiger partial charge in [-0.1, -0.05) is 61.5 Å². The van der Waals surface area contributed by atoms with Crippen molar-refractivity contribution in [1.82, 2.24) is 4.90 Å². The molecule has 0 spiro atoms. The second-order valence-corrected chi connectivity index (χ2v) is 8.73. The van der Waals surface area contributed by atoms with Gasteiger partial charge < -0.3 is 19.7 Å². The molecule has 1 amide bonds. The van der Waals surface area contributed by atoms with Crippen molar-refractivity contribution in [3.05, 3.63) is 95.6 Å². The fourth-order valence-corrected chi connectivity index (χ4v) is 4.90. The summed E-state index contributed by atoms with van der Waals surface area (Å²) in [5.74, 6) is 0.855. The standard InChI is InChI=1S/C28H30N2O3/c1-2-28(22-14-16-23(17-15-22)33-20-21-9-4-3-5-10-21)29-26-13-7-6-12-25(26)27(31)30(28)19-24-11-8-18-32-24/h3-7,9-10,12-17,24,29H,2,8,11,18-20H2,1H3. The zero-order chi connectivity index (χ0) is 22.7. The number of anilines is 1. The molecule has 5 nitrogen and oxygen atoms in total. The van der Waals surface area contributed by atoms with Crippen LogP contribution in [0.4, 0.5) is 5.69 Å². The second-order valence-electron chi connectivity index (χ2n) is 8.73. The van der Waals surface area contributed by atoms with Gasteiger partial charge in [0.2, 0.25) is 0 Å². The Morgan fingerprint density at radius 2 is 1.79 bits per heavy atom. The van der Waals surface area contributed by atoms with Gasteiger partial charge in [-0.25, -0.2) is 0 Å². The highest BCUT2D eigenvalue weighted by atomic mass is 16.5. The Hall–Kier alpha value is -3.31. The van der Waals surface area contributed by atoms with Crippen molar-refractivity contribution in [2.24, 2.45) is 0 Å². The highest BCUT2D eigenvalue weighted by molar-refractivity contribution is 6.02. The molecule has 0 aromatic heterocycles. The molecule has 3 aromatic rings. The van der Waals surface area contributed by atoms with E-state index in [4.69, 9.17) is 9.47 Å². The first-order valence-corrected chi connectivity index (χ1v) is 11.8. The Balaban J connectivity index is 1.45. The molecule has 2 heterocycles. The quantitative estimate of drug-likeness (QED) is 0.519. The number of para-hydroxylation sites is 1. The van der Waals surface area contributed by atoms with E-state index < -0.39 is 5.66 Å². The summed E-state index contributed by atoms with van der Waals surface area (Å²) in [6, 6.07) is 26.0. The summed E-state index contributed by atoms with van der Waals surface area (Å²) in [5, 5.41) is 3.72. The van der Waals surface area contributed by atoms with Crippen molar-refractivity contribution in [3.8, 4) is 5.75 Å². The summed E-state index contributed by atoms with van der Waals surface area (Å²) in [7, 11) is 0. The van der Waals surface area contributed by atoms with E-state index in [2.05, 4.69) is 36.5 Å². The number of ether oxygens (including phenoxy) is 2. The fraction of sp³-hybridized carbons (Fsp3) is 0.321. The van der Waals surface area contributed by atoms with Gasteiger partial charge in [-0.3, -0.25) is 4.79 Å². The molecule has 0 bridgehead atoms. The molecule has 2 atom stereocenters. The van der Waals surface area contributed by atoms with Crippen LogP contribution in [-0.2, 0) is 17.0 Å². The maximum atomic E-state index is 13.7. The number of hydrogen-bond donors (Lipinski definition) is 1. The Kier molecular flexibility index (Phi) is 6.05. The maximum Gasteiger partial charge on any atom is 0.258 e. The Bertz CT molecular complexity index is 1090. The number of fused-ring (bicyclic) bond motifs is 1. The third-order valence-corrected chi connectivity index (χ3v) is 6.71. The Morgan fingerprint density at radius 1 is 1.03 bits per heavy atom. The van der Waals surface area contributed by atoms with Gasteiger partial charge in [0.05, 0.1) is 11.7 Å². The van der Waals surface area contributed by atoms with Crippen molar-refractivity contribution < 1.29 is 14.3 Å². The van der Waals surface area contributed by atoms with Crippen molar-refractivity contribution in [2.75, 3.05) is 18.5 Å². The van der Waals surface area contributed by atoms with E-state index in [1.165, 1.54) is 0 Å². The zero-order valence-electron chi connectivity index (χ0n) is 19.0. The molecular weight excluding hydrogens is 412 g/mol. The summed E-state index contributed by atoms with van der Waals surface area (Å²) in [5.41, 5.74) is 3.11. The normalized spacial score (nSPS) is 22.0. The van der Waals surface area contributed by atoms with Gasteiger partial charge in [0.25, 0.3) is 5.91 Å². The van der Waals surface area contributed by atoms with Gasteiger partial charge in [0.15, 0.2) is 0 Å². The molecule has 0 radical (unpaired) electrons. The molecule has 1 N–H and O–H groups in total. The van der Waals surface area contributed by atoms with Crippen LogP contribution in [0, 0.1) is 0 Å². The lowest BCUT2D eigenvalue weighted by atomic mass is 9.89. The number of carbonyl (C=O) groups is 1. The minimum atomic E-state index is -0.644. The Morgan fingerprint density at radius 3 is 2.52 bits per heavy atom. The number of hydrogen-bond acceptors (Lipinski definition) is 4. The minimum Gasteiger partial charge on any atom is -0.489 e. The van der Waals surface area contributed by atoms with Crippen molar-refractivity contribution in [2.45, 2.75) is 44.6 Å². The lowest BCUT2D eigenvalue weighted by Gasteiger charge is -2.49. The molecule has 1 fully saturated rings. The summed E-state index contributed by atoms with van der Waals surface area (Å²) < 4.78 is 11.9. The molecule has 2 aliphatic heterocycles. The molecule has 5 rings (SSSR count). The lowest BCUT2D eigenvalue weighted by Crippen LogP contribution is -2.59. The number of nitrogens with zero attached hydrogens (tertiary/aromatic N) is 1. The number of carbonyl (C=O) groups excluding carboxylic acids is 1. The first kappa shape index (κ1) is 21.5. The van der Waals surface area contributed by atoms with E-state index in [-0.39, 0.29) is 12.0 Å². The number of rotatable bonds is 7. The molecule has 0 aliphatic carbocycles. The van der Waals surface area contributed by atoms with E-state index in [0.717, 1.165) is 48.4 Å². The third kappa shape index (κ3) is 4.21. The van der Waals surface area contributed by atoms with Crippen LogP contribution < -0.4 is 10.1 Å². The first-order valence-electron chi connectivity index (χ1n) is 11.8. The molecule has 170 valence electrons. The highest BCUT2D eigenvalue weighted by Crippen LogP contribution is 2.41. The Labute approximate surface area is 195 Å². The predicted octanol–water partition coefficient (Wildman–Crippen LogP) is 5.58. The average Bonchev–Trinajstić information content (AvgIpc) is 3.39. The summed E-state index contributed by atoms with van der Waals surface area (Å²) >= 11 is 0. The molecule has 3 aromatic carbocycles. The molecule has 1 saturated heterocycles. The van der Waals surface area contributed by atoms with Crippen molar-refractivity contribution in [1.29, 1.82) is 0 Å². The molecule has 2 aliphatic rings. The van der Waals surface area contributed by atoms with Crippen molar-refractivity contribution in [3.63, 3.8) is 0 Å². The smallest absolute Gasteiger partial charge is 0.258 e. The predicted molar refractivity (Wildman–Crippen MR) is 129 cm³/mol. The second kappa shape index (κ2) is 9.28. The van der Waals surface area contributed by atoms with Crippen LogP contribution in [0.15, 0.2) is 78.9 Å². The molecular formula is C28H30N2O3. The molecule has 33 heavy (non-hydrogen) atoms. The molecule has 2 unspecified atom stereocenters. The summed E-state index contributed by atoms with van der Waals surface area (Å²) in [6.07, 6.45) is 2.82.